The molecule has 3 fully saturated rings. The third-order valence-electron chi connectivity index (χ3n) is 9.92. The van der Waals surface area contributed by atoms with Crippen LogP contribution in [0.15, 0.2) is 24.3 Å². The Labute approximate surface area is 165 Å². The van der Waals surface area contributed by atoms with Gasteiger partial charge in [0.05, 0.1) is 6.10 Å². The van der Waals surface area contributed by atoms with E-state index < -0.39 is 0 Å². The second-order valence-electron chi connectivity index (χ2n) is 10.5. The topological polar surface area (TPSA) is 26.3 Å². The van der Waals surface area contributed by atoms with Gasteiger partial charge in [-0.25, -0.2) is 0 Å². The van der Waals surface area contributed by atoms with Crippen molar-refractivity contribution in [2.24, 2.45) is 34.0 Å². The van der Waals surface area contributed by atoms with Gasteiger partial charge >= 0.3 is 0 Å². The van der Waals surface area contributed by atoms with Gasteiger partial charge in [-0.3, -0.25) is 4.79 Å². The molecule has 0 amide bonds. The average Bonchev–Trinajstić information content (AvgIpc) is 2.95. The van der Waals surface area contributed by atoms with Gasteiger partial charge in [-0.05, 0) is 93.3 Å². The highest BCUT2D eigenvalue weighted by Crippen LogP contribution is 2.70. The maximum absolute atomic E-state index is 12.9. The van der Waals surface area contributed by atoms with Gasteiger partial charge in [0, 0.05) is 12.5 Å². The molecule has 2 nitrogen and oxygen atoms in total. The molecule has 0 radical (unpaired) electrons. The zero-order chi connectivity index (χ0) is 19.4. The van der Waals surface area contributed by atoms with E-state index in [1.165, 1.54) is 38.5 Å². The van der Waals surface area contributed by atoms with Crippen LogP contribution in [0.2, 0.25) is 0 Å². The molecule has 0 N–H and O–H groups in total. The maximum atomic E-state index is 12.9. The Hall–Kier alpha value is -0.890. The molecule has 4 aliphatic rings. The third-order valence-corrected chi connectivity index (χ3v) is 9.92. The molecule has 0 aromatic heterocycles. The van der Waals surface area contributed by atoms with E-state index in [9.17, 15) is 4.79 Å². The molecule has 0 aliphatic heterocycles. The normalized spacial score (nSPS) is 48.8. The summed E-state index contributed by atoms with van der Waals surface area (Å²) < 4.78 is 5.70. The summed E-state index contributed by atoms with van der Waals surface area (Å²) in [6.45, 7) is 10.8. The standard InChI is InChI=1S/C25H38O2/c1-6-12-25(17(2)26)15-11-22-20-8-7-18-16-19(27-5)9-13-23(18,3)21(20)10-14-24(22,25)4/h6-7,19-22H,1,8-16H2,2-5H3/t19?,20?,21?,22?,23?,24?,25-/m1/s1. The number of carbonyl (C=O) groups excluding carboxylic acids is 1. The molecule has 150 valence electrons. The molecular formula is C25H38O2. The molecular weight excluding hydrogens is 332 g/mol. The molecule has 27 heavy (non-hydrogen) atoms. The van der Waals surface area contributed by atoms with Crippen molar-refractivity contribution in [2.75, 3.05) is 7.11 Å². The molecule has 2 heteroatoms. The van der Waals surface area contributed by atoms with Gasteiger partial charge in [0.15, 0.2) is 0 Å². The largest absolute Gasteiger partial charge is 0.381 e. The van der Waals surface area contributed by atoms with Gasteiger partial charge in [-0.1, -0.05) is 31.6 Å². The summed E-state index contributed by atoms with van der Waals surface area (Å²) in [4.78, 5) is 12.9. The van der Waals surface area contributed by atoms with Crippen LogP contribution in [-0.2, 0) is 9.53 Å². The van der Waals surface area contributed by atoms with Crippen molar-refractivity contribution in [3.63, 3.8) is 0 Å². The molecule has 0 heterocycles. The van der Waals surface area contributed by atoms with E-state index in [0.29, 0.717) is 23.2 Å². The predicted octanol–water partition coefficient (Wildman–Crippen LogP) is 6.12. The number of allylic oxidation sites excluding steroid dienone is 2. The van der Waals surface area contributed by atoms with Gasteiger partial charge in [-0.2, -0.15) is 0 Å². The monoisotopic (exact) mass is 370 g/mol. The third kappa shape index (κ3) is 2.51. The minimum Gasteiger partial charge on any atom is -0.381 e. The molecule has 0 aromatic rings. The fourth-order valence-corrected chi connectivity index (χ4v) is 8.27. The first kappa shape index (κ1) is 19.4. The number of fused-ring (bicyclic) bond motifs is 5. The SMILES string of the molecule is C=CC[C@]1(C(C)=O)CCC2C3CC=C4CC(OC)CCC4(C)C3CCC21C. The van der Waals surface area contributed by atoms with Crippen LogP contribution in [0, 0.1) is 34.0 Å². The molecule has 3 saturated carbocycles. The number of ether oxygens (including phenoxy) is 1. The van der Waals surface area contributed by atoms with Crippen LogP contribution in [0.3, 0.4) is 0 Å². The highest BCUT2D eigenvalue weighted by atomic mass is 16.5. The first-order chi connectivity index (χ1) is 12.8. The van der Waals surface area contributed by atoms with E-state index in [0.717, 1.165) is 31.1 Å². The summed E-state index contributed by atoms with van der Waals surface area (Å²) in [5.41, 5.74) is 2.02. The van der Waals surface area contributed by atoms with Crippen molar-refractivity contribution in [1.82, 2.24) is 0 Å². The number of hydrogen-bond acceptors (Lipinski definition) is 2. The lowest BCUT2D eigenvalue weighted by Crippen LogP contribution is -2.53. The van der Waals surface area contributed by atoms with Crippen molar-refractivity contribution in [1.29, 1.82) is 0 Å². The summed E-state index contributed by atoms with van der Waals surface area (Å²) >= 11 is 0. The second-order valence-corrected chi connectivity index (χ2v) is 10.5. The van der Waals surface area contributed by atoms with Crippen LogP contribution in [0.25, 0.3) is 0 Å². The summed E-state index contributed by atoms with van der Waals surface area (Å²) in [5, 5.41) is 0. The fourth-order valence-electron chi connectivity index (χ4n) is 8.27. The molecule has 7 atom stereocenters. The number of ketones is 1. The quantitative estimate of drug-likeness (QED) is 0.558. The van der Waals surface area contributed by atoms with E-state index in [1.807, 2.05) is 20.1 Å². The average molecular weight is 371 g/mol. The van der Waals surface area contributed by atoms with Gasteiger partial charge in [0.25, 0.3) is 0 Å². The number of Topliss-reactive ketones (excluding diaryl/α,β-unsaturated/α-hetero) is 1. The van der Waals surface area contributed by atoms with Crippen LogP contribution in [0.1, 0.15) is 78.6 Å². The van der Waals surface area contributed by atoms with Crippen LogP contribution >= 0.6 is 0 Å². The smallest absolute Gasteiger partial charge is 0.136 e. The summed E-state index contributed by atoms with van der Waals surface area (Å²) in [5.74, 6) is 2.64. The Morgan fingerprint density at radius 2 is 1.96 bits per heavy atom. The number of carbonyl (C=O) groups is 1. The van der Waals surface area contributed by atoms with Crippen molar-refractivity contribution in [3.05, 3.63) is 24.3 Å². The maximum Gasteiger partial charge on any atom is 0.136 e. The van der Waals surface area contributed by atoms with Gasteiger partial charge < -0.3 is 4.74 Å². The Morgan fingerprint density at radius 3 is 2.63 bits per heavy atom. The highest BCUT2D eigenvalue weighted by molar-refractivity contribution is 5.84. The molecule has 6 unspecified atom stereocenters. The van der Waals surface area contributed by atoms with E-state index in [2.05, 4.69) is 26.5 Å². The van der Waals surface area contributed by atoms with Crippen LogP contribution < -0.4 is 0 Å². The van der Waals surface area contributed by atoms with E-state index >= 15 is 0 Å². The molecule has 4 aliphatic carbocycles. The minimum atomic E-state index is -0.164. The predicted molar refractivity (Wildman–Crippen MR) is 110 cm³/mol. The number of hydrogen-bond donors (Lipinski definition) is 0. The van der Waals surface area contributed by atoms with Gasteiger partial charge in [0.2, 0.25) is 0 Å². The summed E-state index contributed by atoms with van der Waals surface area (Å²) in [6, 6.07) is 0. The zero-order valence-electron chi connectivity index (χ0n) is 17.9. The lowest BCUT2D eigenvalue weighted by Gasteiger charge is -2.59. The molecule has 0 aromatic carbocycles. The van der Waals surface area contributed by atoms with Crippen molar-refractivity contribution >= 4 is 5.78 Å². The molecule has 0 saturated heterocycles. The van der Waals surface area contributed by atoms with Gasteiger partial charge in [-0.15, -0.1) is 6.58 Å². The van der Waals surface area contributed by atoms with E-state index in [1.54, 1.807) is 5.57 Å². The Bertz CT molecular complexity index is 663. The van der Waals surface area contributed by atoms with E-state index in [4.69, 9.17) is 4.74 Å². The lowest BCUT2D eigenvalue weighted by molar-refractivity contribution is -0.140. The van der Waals surface area contributed by atoms with Crippen molar-refractivity contribution in [2.45, 2.75) is 84.7 Å². The highest BCUT2D eigenvalue weighted by Gasteiger charge is 2.64. The number of rotatable bonds is 4. The second kappa shape index (κ2) is 6.58. The van der Waals surface area contributed by atoms with Crippen LogP contribution in [0.4, 0.5) is 0 Å². The summed E-state index contributed by atoms with van der Waals surface area (Å²) in [6.07, 6.45) is 15.5. The fraction of sp³-hybridized carbons (Fsp3) is 0.800. The molecule has 4 rings (SSSR count). The molecule has 0 spiro atoms. The zero-order valence-corrected chi connectivity index (χ0v) is 17.9. The first-order valence-electron chi connectivity index (χ1n) is 11.2. The molecule has 0 bridgehead atoms. The van der Waals surface area contributed by atoms with Crippen molar-refractivity contribution < 1.29 is 9.53 Å². The Balaban J connectivity index is 1.67. The minimum absolute atomic E-state index is 0.152. The van der Waals surface area contributed by atoms with Crippen molar-refractivity contribution in [3.8, 4) is 0 Å². The van der Waals surface area contributed by atoms with Crippen LogP contribution in [-0.4, -0.2) is 19.0 Å². The Morgan fingerprint density at radius 1 is 1.22 bits per heavy atom. The number of methoxy groups -OCH3 is 1. The van der Waals surface area contributed by atoms with Crippen LogP contribution in [0.5, 0.6) is 0 Å². The van der Waals surface area contributed by atoms with Gasteiger partial charge in [0.1, 0.15) is 5.78 Å². The Kier molecular flexibility index (Phi) is 4.73. The summed E-state index contributed by atoms with van der Waals surface area (Å²) in [7, 11) is 1.87. The first-order valence-corrected chi connectivity index (χ1v) is 11.2. The lowest BCUT2D eigenvalue weighted by atomic mass is 9.45. The van der Waals surface area contributed by atoms with E-state index in [-0.39, 0.29) is 10.8 Å².